The minimum atomic E-state index is -1.23. The Kier molecular flexibility index (Phi) is 5.40. The fraction of sp³-hybridized carbons (Fsp3) is 0.200. The standard InChI is InChI=1S/C25H22FN5O3S/c1-12(27-19-8-6-16(26)10-17(19)25(33)34)20-13(2)35-22-21(20)28-23(31(4)24(22)32)14-5-7-18-15(9-14)11-30(3)29-18/h5-12,27H,1-4H3,(H,33,34). The summed E-state index contributed by atoms with van der Waals surface area (Å²) in [6.45, 7) is 3.77. The van der Waals surface area contributed by atoms with Gasteiger partial charge in [0, 0.05) is 47.4 Å². The highest BCUT2D eigenvalue weighted by Crippen LogP contribution is 2.35. The molecule has 35 heavy (non-hydrogen) atoms. The van der Waals surface area contributed by atoms with Crippen molar-refractivity contribution in [3.63, 3.8) is 0 Å². The van der Waals surface area contributed by atoms with E-state index in [0.717, 1.165) is 33.0 Å². The van der Waals surface area contributed by atoms with Crippen molar-refractivity contribution in [3.8, 4) is 11.4 Å². The van der Waals surface area contributed by atoms with Crippen molar-refractivity contribution < 1.29 is 14.3 Å². The Morgan fingerprint density at radius 3 is 2.71 bits per heavy atom. The summed E-state index contributed by atoms with van der Waals surface area (Å²) >= 11 is 1.36. The summed E-state index contributed by atoms with van der Waals surface area (Å²) in [5.74, 6) is -1.34. The lowest BCUT2D eigenvalue weighted by Crippen LogP contribution is -2.20. The number of nitrogens with one attached hydrogen (secondary N) is 1. The Balaban J connectivity index is 1.64. The number of aromatic carboxylic acids is 1. The van der Waals surface area contributed by atoms with E-state index in [1.54, 1.807) is 16.3 Å². The number of anilines is 1. The predicted molar refractivity (Wildman–Crippen MR) is 135 cm³/mol. The summed E-state index contributed by atoms with van der Waals surface area (Å²) < 4.78 is 17.4. The van der Waals surface area contributed by atoms with Gasteiger partial charge in [0.05, 0.1) is 22.6 Å². The van der Waals surface area contributed by atoms with Crippen LogP contribution in [0.4, 0.5) is 10.1 Å². The lowest BCUT2D eigenvalue weighted by Gasteiger charge is -2.18. The second-order valence-electron chi connectivity index (χ2n) is 8.49. The van der Waals surface area contributed by atoms with E-state index in [9.17, 15) is 19.1 Å². The molecule has 3 heterocycles. The summed E-state index contributed by atoms with van der Waals surface area (Å²) in [4.78, 5) is 30.7. The van der Waals surface area contributed by atoms with Crippen LogP contribution in [-0.4, -0.2) is 30.4 Å². The molecule has 178 valence electrons. The van der Waals surface area contributed by atoms with Gasteiger partial charge < -0.3 is 10.4 Å². The van der Waals surface area contributed by atoms with Crippen molar-refractivity contribution in [3.05, 3.63) is 74.8 Å². The number of aryl methyl sites for hydroxylation is 2. The molecule has 1 unspecified atom stereocenters. The quantitative estimate of drug-likeness (QED) is 0.364. The zero-order valence-corrected chi connectivity index (χ0v) is 20.3. The number of carbonyl (C=O) groups is 1. The first kappa shape index (κ1) is 22.7. The zero-order valence-electron chi connectivity index (χ0n) is 19.5. The second kappa shape index (κ2) is 8.31. The lowest BCUT2D eigenvalue weighted by atomic mass is 10.1. The molecule has 0 amide bonds. The number of hydrogen-bond acceptors (Lipinski definition) is 6. The van der Waals surface area contributed by atoms with Crippen molar-refractivity contribution in [2.75, 3.05) is 5.32 Å². The summed E-state index contributed by atoms with van der Waals surface area (Å²) in [6, 6.07) is 8.94. The van der Waals surface area contributed by atoms with Crippen LogP contribution >= 0.6 is 11.3 Å². The molecule has 8 nitrogen and oxygen atoms in total. The van der Waals surface area contributed by atoms with Gasteiger partial charge in [0.1, 0.15) is 16.3 Å². The molecule has 3 aromatic heterocycles. The maximum Gasteiger partial charge on any atom is 0.337 e. The fourth-order valence-electron chi connectivity index (χ4n) is 4.41. The van der Waals surface area contributed by atoms with E-state index in [2.05, 4.69) is 10.4 Å². The minimum absolute atomic E-state index is 0.157. The number of benzene rings is 2. The number of carboxylic acids is 1. The van der Waals surface area contributed by atoms with Crippen molar-refractivity contribution in [1.29, 1.82) is 0 Å². The number of aromatic nitrogens is 4. The molecule has 0 saturated heterocycles. The van der Waals surface area contributed by atoms with E-state index in [1.165, 1.54) is 23.5 Å². The normalized spacial score (nSPS) is 12.4. The van der Waals surface area contributed by atoms with Crippen LogP contribution in [-0.2, 0) is 14.1 Å². The van der Waals surface area contributed by atoms with Crippen LogP contribution in [0, 0.1) is 12.7 Å². The van der Waals surface area contributed by atoms with Gasteiger partial charge in [-0.15, -0.1) is 11.3 Å². The van der Waals surface area contributed by atoms with Crippen LogP contribution in [0.2, 0.25) is 0 Å². The monoisotopic (exact) mass is 491 g/mol. The smallest absolute Gasteiger partial charge is 0.337 e. The summed E-state index contributed by atoms with van der Waals surface area (Å²) in [5, 5.41) is 18.0. The Morgan fingerprint density at radius 2 is 1.97 bits per heavy atom. The van der Waals surface area contributed by atoms with Gasteiger partial charge >= 0.3 is 5.97 Å². The third kappa shape index (κ3) is 3.85. The Morgan fingerprint density at radius 1 is 1.20 bits per heavy atom. The average molecular weight is 492 g/mol. The molecule has 5 aromatic rings. The van der Waals surface area contributed by atoms with E-state index in [1.807, 2.05) is 45.3 Å². The number of hydrogen-bond donors (Lipinski definition) is 2. The lowest BCUT2D eigenvalue weighted by molar-refractivity contribution is 0.0697. The molecule has 2 aromatic carbocycles. The molecule has 0 radical (unpaired) electrons. The van der Waals surface area contributed by atoms with Crippen molar-refractivity contribution in [2.45, 2.75) is 19.9 Å². The molecule has 2 N–H and O–H groups in total. The summed E-state index contributed by atoms with van der Waals surface area (Å²) in [6.07, 6.45) is 1.91. The van der Waals surface area contributed by atoms with Gasteiger partial charge in [-0.1, -0.05) is 0 Å². The largest absolute Gasteiger partial charge is 0.478 e. The molecule has 10 heteroatoms. The molecular weight excluding hydrogens is 469 g/mol. The Labute approximate surface area is 203 Å². The highest BCUT2D eigenvalue weighted by atomic mass is 32.1. The first-order valence-corrected chi connectivity index (χ1v) is 11.7. The fourth-order valence-corrected chi connectivity index (χ4v) is 5.58. The maximum atomic E-state index is 13.6. The average Bonchev–Trinajstić information content (AvgIpc) is 3.34. The molecule has 0 bridgehead atoms. The van der Waals surface area contributed by atoms with Crippen LogP contribution in [0.3, 0.4) is 0 Å². The van der Waals surface area contributed by atoms with Gasteiger partial charge in [0.25, 0.3) is 5.56 Å². The number of thiophene rings is 1. The van der Waals surface area contributed by atoms with Gasteiger partial charge in [0.15, 0.2) is 0 Å². The molecule has 0 aliphatic rings. The Bertz CT molecular complexity index is 1700. The van der Waals surface area contributed by atoms with Crippen LogP contribution in [0.5, 0.6) is 0 Å². The van der Waals surface area contributed by atoms with Crippen LogP contribution < -0.4 is 10.9 Å². The topological polar surface area (TPSA) is 102 Å². The summed E-state index contributed by atoms with van der Waals surface area (Å²) in [7, 11) is 3.55. The van der Waals surface area contributed by atoms with Crippen molar-refractivity contribution in [2.24, 2.45) is 14.1 Å². The number of rotatable bonds is 5. The van der Waals surface area contributed by atoms with Crippen molar-refractivity contribution in [1.82, 2.24) is 19.3 Å². The Hall–Kier alpha value is -4.05. The minimum Gasteiger partial charge on any atom is -0.478 e. The van der Waals surface area contributed by atoms with E-state index in [0.29, 0.717) is 16.0 Å². The van der Waals surface area contributed by atoms with E-state index in [4.69, 9.17) is 4.98 Å². The molecular formula is C25H22FN5O3S. The van der Waals surface area contributed by atoms with Crippen molar-refractivity contribution >= 4 is 44.1 Å². The molecule has 0 fully saturated rings. The highest BCUT2D eigenvalue weighted by molar-refractivity contribution is 7.19. The predicted octanol–water partition coefficient (Wildman–Crippen LogP) is 4.87. The molecule has 5 rings (SSSR count). The third-order valence-corrected chi connectivity index (χ3v) is 7.13. The third-order valence-electron chi connectivity index (χ3n) is 6.03. The van der Waals surface area contributed by atoms with Crippen LogP contribution in [0.15, 0.2) is 47.4 Å². The summed E-state index contributed by atoms with van der Waals surface area (Å²) in [5.41, 5.74) is 2.97. The van der Waals surface area contributed by atoms with Gasteiger partial charge in [-0.05, 0) is 50.2 Å². The first-order valence-electron chi connectivity index (χ1n) is 10.9. The number of nitrogens with zero attached hydrogens (tertiary/aromatic N) is 4. The highest BCUT2D eigenvalue weighted by Gasteiger charge is 2.23. The molecule has 0 saturated carbocycles. The number of fused-ring (bicyclic) bond motifs is 2. The maximum absolute atomic E-state index is 13.6. The van der Waals surface area contributed by atoms with E-state index in [-0.39, 0.29) is 22.9 Å². The first-order chi connectivity index (χ1) is 16.6. The van der Waals surface area contributed by atoms with Gasteiger partial charge in [-0.25, -0.2) is 14.2 Å². The molecule has 0 aliphatic carbocycles. The van der Waals surface area contributed by atoms with E-state index < -0.39 is 11.8 Å². The SMILES string of the molecule is Cc1sc2c(=O)n(C)c(-c3ccc4nn(C)cc4c3)nc2c1C(C)Nc1ccc(F)cc1C(=O)O. The molecule has 1 atom stereocenters. The second-order valence-corrected chi connectivity index (χ2v) is 9.71. The number of halogens is 1. The van der Waals surface area contributed by atoms with Gasteiger partial charge in [-0.3, -0.25) is 14.0 Å². The molecule has 0 aliphatic heterocycles. The van der Waals surface area contributed by atoms with Gasteiger partial charge in [0.2, 0.25) is 0 Å². The van der Waals surface area contributed by atoms with Crippen LogP contribution in [0.25, 0.3) is 32.5 Å². The number of carboxylic acid groups (broad SMARTS) is 1. The zero-order chi connectivity index (χ0) is 25.0. The van der Waals surface area contributed by atoms with Crippen LogP contribution in [0.1, 0.15) is 33.8 Å². The van der Waals surface area contributed by atoms with Gasteiger partial charge in [-0.2, -0.15) is 5.10 Å². The van der Waals surface area contributed by atoms with E-state index >= 15 is 0 Å². The molecule has 0 spiro atoms.